The third-order valence-electron chi connectivity index (χ3n) is 2.15. The van der Waals surface area contributed by atoms with Crippen LogP contribution in [-0.4, -0.2) is 40.8 Å². The monoisotopic (exact) mass is 241 g/mol. The van der Waals surface area contributed by atoms with Crippen LogP contribution in [0.3, 0.4) is 0 Å². The molecule has 0 fully saturated rings. The molecule has 1 aromatic rings. The maximum Gasteiger partial charge on any atom is 0.334 e. The number of H-pyrrole nitrogens is 1. The number of aromatic amines is 1. The van der Waals surface area contributed by atoms with Crippen molar-refractivity contribution < 1.29 is 14.6 Å². The number of hydrogen-bond donors (Lipinski definition) is 3. The Morgan fingerprint density at radius 3 is 2.94 bits per heavy atom. The van der Waals surface area contributed by atoms with Crippen molar-refractivity contribution in [2.75, 3.05) is 19.0 Å². The van der Waals surface area contributed by atoms with Crippen LogP contribution in [0.25, 0.3) is 0 Å². The van der Waals surface area contributed by atoms with Gasteiger partial charge in [0.25, 0.3) is 5.56 Å². The minimum Gasteiger partial charge on any atom is -0.479 e. The number of rotatable bonds is 6. The molecule has 1 heterocycles. The van der Waals surface area contributed by atoms with Gasteiger partial charge < -0.3 is 20.1 Å². The number of anilines is 1. The Labute approximate surface area is 97.8 Å². The van der Waals surface area contributed by atoms with E-state index in [1.54, 1.807) is 0 Å². The van der Waals surface area contributed by atoms with Crippen molar-refractivity contribution in [3.8, 4) is 0 Å². The molecule has 0 saturated heterocycles. The Kier molecular flexibility index (Phi) is 4.65. The van der Waals surface area contributed by atoms with Crippen molar-refractivity contribution in [1.82, 2.24) is 9.97 Å². The van der Waals surface area contributed by atoms with Gasteiger partial charge in [0.05, 0.1) is 6.54 Å². The molecule has 17 heavy (non-hydrogen) atoms. The number of hydrogen-bond acceptors (Lipinski definition) is 5. The van der Waals surface area contributed by atoms with Crippen LogP contribution < -0.4 is 10.9 Å². The van der Waals surface area contributed by atoms with Crippen LogP contribution in [-0.2, 0) is 16.0 Å². The van der Waals surface area contributed by atoms with Crippen LogP contribution >= 0.6 is 0 Å². The van der Waals surface area contributed by atoms with Gasteiger partial charge in [-0.15, -0.1) is 0 Å². The summed E-state index contributed by atoms with van der Waals surface area (Å²) in [4.78, 5) is 28.6. The summed E-state index contributed by atoms with van der Waals surface area (Å²) in [7, 11) is 1.31. The highest BCUT2D eigenvalue weighted by molar-refractivity contribution is 5.73. The molecule has 1 atom stereocenters. The first-order valence-corrected chi connectivity index (χ1v) is 5.16. The van der Waals surface area contributed by atoms with E-state index in [0.717, 1.165) is 0 Å². The van der Waals surface area contributed by atoms with E-state index in [0.29, 0.717) is 18.1 Å². The lowest BCUT2D eigenvalue weighted by Gasteiger charge is -2.12. The van der Waals surface area contributed by atoms with Gasteiger partial charge in [-0.1, -0.05) is 6.92 Å². The highest BCUT2D eigenvalue weighted by Crippen LogP contribution is 2.00. The van der Waals surface area contributed by atoms with E-state index < -0.39 is 12.1 Å². The molecule has 0 amide bonds. The van der Waals surface area contributed by atoms with Crippen molar-refractivity contribution in [2.45, 2.75) is 19.4 Å². The number of carboxylic acids is 1. The predicted molar refractivity (Wildman–Crippen MR) is 61.2 cm³/mol. The summed E-state index contributed by atoms with van der Waals surface area (Å²) < 4.78 is 4.74. The van der Waals surface area contributed by atoms with Gasteiger partial charge in [-0.25, -0.2) is 9.78 Å². The van der Waals surface area contributed by atoms with Crippen molar-refractivity contribution in [2.24, 2.45) is 0 Å². The van der Waals surface area contributed by atoms with Crippen LogP contribution in [0.4, 0.5) is 5.82 Å². The molecule has 0 bridgehead atoms. The summed E-state index contributed by atoms with van der Waals surface area (Å²) >= 11 is 0. The van der Waals surface area contributed by atoms with Gasteiger partial charge in [-0.2, -0.15) is 0 Å². The summed E-state index contributed by atoms with van der Waals surface area (Å²) in [5.41, 5.74) is -0.274. The van der Waals surface area contributed by atoms with Gasteiger partial charge in [0.1, 0.15) is 11.6 Å². The first kappa shape index (κ1) is 13.2. The summed E-state index contributed by atoms with van der Waals surface area (Å²) in [6.07, 6.45) is -0.377. The third-order valence-corrected chi connectivity index (χ3v) is 2.15. The van der Waals surface area contributed by atoms with E-state index in [4.69, 9.17) is 9.84 Å². The van der Waals surface area contributed by atoms with E-state index >= 15 is 0 Å². The van der Waals surface area contributed by atoms with Crippen molar-refractivity contribution in [1.29, 1.82) is 0 Å². The first-order valence-electron chi connectivity index (χ1n) is 5.16. The summed E-state index contributed by atoms with van der Waals surface area (Å²) in [6, 6.07) is 1.27. The molecule has 1 aromatic heterocycles. The second kappa shape index (κ2) is 6.00. The zero-order valence-electron chi connectivity index (χ0n) is 9.69. The standard InChI is InChI=1S/C10H15N3O4/c1-3-7-12-8(4-9(14)13-7)11-5-6(17-2)10(15)16/h4,6H,3,5H2,1-2H3,(H,15,16)(H2,11,12,13,14). The maximum absolute atomic E-state index is 11.2. The van der Waals surface area contributed by atoms with E-state index in [1.807, 2.05) is 6.92 Å². The lowest BCUT2D eigenvalue weighted by Crippen LogP contribution is -2.31. The molecule has 0 spiro atoms. The Bertz CT molecular complexity index is 443. The number of carbonyl (C=O) groups is 1. The van der Waals surface area contributed by atoms with Crippen molar-refractivity contribution >= 4 is 11.8 Å². The smallest absolute Gasteiger partial charge is 0.334 e. The normalized spacial score (nSPS) is 12.1. The van der Waals surface area contributed by atoms with Crippen LogP contribution in [0.2, 0.25) is 0 Å². The van der Waals surface area contributed by atoms with Gasteiger partial charge in [-0.3, -0.25) is 4.79 Å². The molecule has 1 rings (SSSR count). The highest BCUT2D eigenvalue weighted by Gasteiger charge is 2.15. The molecule has 0 aliphatic heterocycles. The first-order chi connectivity index (χ1) is 8.06. The van der Waals surface area contributed by atoms with Crippen molar-refractivity contribution in [3.05, 3.63) is 22.2 Å². The van der Waals surface area contributed by atoms with Crippen LogP contribution in [0.5, 0.6) is 0 Å². The van der Waals surface area contributed by atoms with Gasteiger partial charge in [-0.05, 0) is 0 Å². The predicted octanol–water partition coefficient (Wildman–Crippen LogP) is -0.156. The molecule has 0 aliphatic carbocycles. The molecule has 7 nitrogen and oxygen atoms in total. The van der Waals surface area contributed by atoms with Crippen LogP contribution in [0.1, 0.15) is 12.7 Å². The average molecular weight is 241 g/mol. The molecule has 7 heteroatoms. The second-order valence-electron chi connectivity index (χ2n) is 3.37. The molecule has 1 unspecified atom stereocenters. The third kappa shape index (κ3) is 3.87. The fourth-order valence-corrected chi connectivity index (χ4v) is 1.23. The number of aliphatic carboxylic acids is 1. The zero-order chi connectivity index (χ0) is 12.8. The van der Waals surface area contributed by atoms with E-state index in [1.165, 1.54) is 13.2 Å². The molecule has 3 N–H and O–H groups in total. The van der Waals surface area contributed by atoms with Crippen LogP contribution in [0, 0.1) is 0 Å². The van der Waals surface area contributed by atoms with Crippen molar-refractivity contribution in [3.63, 3.8) is 0 Å². The number of aromatic nitrogens is 2. The van der Waals surface area contributed by atoms with Gasteiger partial charge >= 0.3 is 5.97 Å². The quantitative estimate of drug-likeness (QED) is 0.639. The fourth-order valence-electron chi connectivity index (χ4n) is 1.23. The number of nitrogens with one attached hydrogen (secondary N) is 2. The number of aryl methyl sites for hydroxylation is 1. The molecule has 94 valence electrons. The number of nitrogens with zero attached hydrogens (tertiary/aromatic N) is 1. The van der Waals surface area contributed by atoms with E-state index in [-0.39, 0.29) is 12.1 Å². The molecular formula is C10H15N3O4. The lowest BCUT2D eigenvalue weighted by molar-refractivity contribution is -0.147. The highest BCUT2D eigenvalue weighted by atomic mass is 16.5. The minimum absolute atomic E-state index is 0.0471. The summed E-state index contributed by atoms with van der Waals surface area (Å²) in [5.74, 6) is -0.182. The lowest BCUT2D eigenvalue weighted by atomic mass is 10.3. The topological polar surface area (TPSA) is 104 Å². The summed E-state index contributed by atoms with van der Waals surface area (Å²) in [5, 5.41) is 11.5. The number of ether oxygens (including phenoxy) is 1. The maximum atomic E-state index is 11.2. The average Bonchev–Trinajstić information content (AvgIpc) is 2.28. The van der Waals surface area contributed by atoms with Crippen LogP contribution in [0.15, 0.2) is 10.9 Å². The molecule has 0 aromatic carbocycles. The minimum atomic E-state index is -1.07. The second-order valence-corrected chi connectivity index (χ2v) is 3.37. The molecule has 0 aliphatic rings. The molecule has 0 radical (unpaired) electrons. The zero-order valence-corrected chi connectivity index (χ0v) is 9.69. The molecular weight excluding hydrogens is 226 g/mol. The SMILES string of the molecule is CCc1nc(NCC(OC)C(=O)O)cc(=O)[nH]1. The summed E-state index contributed by atoms with van der Waals surface area (Å²) in [6.45, 7) is 1.91. The van der Waals surface area contributed by atoms with Gasteiger partial charge in [0.2, 0.25) is 0 Å². The molecule has 0 saturated carbocycles. The Hall–Kier alpha value is -1.89. The van der Waals surface area contributed by atoms with E-state index in [2.05, 4.69) is 15.3 Å². The fraction of sp³-hybridized carbons (Fsp3) is 0.500. The Morgan fingerprint density at radius 2 is 2.41 bits per heavy atom. The van der Waals surface area contributed by atoms with E-state index in [9.17, 15) is 9.59 Å². The Balaban J connectivity index is 2.71. The number of methoxy groups -OCH3 is 1. The number of carboxylic acid groups (broad SMARTS) is 1. The largest absolute Gasteiger partial charge is 0.479 e. The Morgan fingerprint density at radius 1 is 1.71 bits per heavy atom. The van der Waals surface area contributed by atoms with Gasteiger partial charge in [0, 0.05) is 19.6 Å². The van der Waals surface area contributed by atoms with Gasteiger partial charge in [0.15, 0.2) is 6.10 Å².